The average molecular weight is 327 g/mol. The third-order valence-electron chi connectivity index (χ3n) is 4.48. The Morgan fingerprint density at radius 2 is 1.88 bits per heavy atom. The second-order valence-corrected chi connectivity index (χ2v) is 7.58. The van der Waals surface area contributed by atoms with Crippen molar-refractivity contribution in [3.05, 3.63) is 29.8 Å². The van der Waals surface area contributed by atoms with Gasteiger partial charge in [0.1, 0.15) is 11.4 Å². The Bertz CT molecular complexity index is 706. The first kappa shape index (κ1) is 16.6. The van der Waals surface area contributed by atoms with Crippen LogP contribution in [0.1, 0.15) is 50.9 Å². The average Bonchev–Trinajstić information content (AvgIpc) is 3.00. The Kier molecular flexibility index (Phi) is 4.39. The van der Waals surface area contributed by atoms with Crippen LogP contribution in [0.3, 0.4) is 0 Å². The molecule has 0 atom stereocenters. The van der Waals surface area contributed by atoms with Crippen LogP contribution in [0, 0.1) is 12.3 Å². The van der Waals surface area contributed by atoms with Gasteiger partial charge in [-0.25, -0.2) is 0 Å². The second-order valence-electron chi connectivity index (χ2n) is 7.58. The number of aromatic amines is 1. The number of piperidine rings is 1. The lowest BCUT2D eigenvalue weighted by Gasteiger charge is -2.35. The molecule has 0 aliphatic carbocycles. The maximum atomic E-state index is 12.4. The molecular formula is C18H25N5O. The zero-order chi connectivity index (χ0) is 17.3. The largest absolute Gasteiger partial charge is 0.342 e. The summed E-state index contributed by atoms with van der Waals surface area (Å²) in [6.07, 6.45) is 5.53. The smallest absolute Gasteiger partial charge is 0.227 e. The Hall–Kier alpha value is -2.24. The van der Waals surface area contributed by atoms with Gasteiger partial charge in [-0.15, -0.1) is 0 Å². The molecule has 3 heterocycles. The van der Waals surface area contributed by atoms with Gasteiger partial charge in [-0.2, -0.15) is 5.10 Å². The Labute approximate surface area is 142 Å². The van der Waals surface area contributed by atoms with Gasteiger partial charge in [0, 0.05) is 36.3 Å². The van der Waals surface area contributed by atoms with Crippen LogP contribution in [0.4, 0.5) is 0 Å². The van der Waals surface area contributed by atoms with E-state index in [1.807, 2.05) is 44.9 Å². The summed E-state index contributed by atoms with van der Waals surface area (Å²) in [5.41, 5.74) is 3.30. The van der Waals surface area contributed by atoms with E-state index in [4.69, 9.17) is 0 Å². The normalized spacial score (nSPS) is 16.4. The zero-order valence-corrected chi connectivity index (χ0v) is 14.8. The predicted octanol–water partition coefficient (Wildman–Crippen LogP) is 2.93. The fourth-order valence-electron chi connectivity index (χ4n) is 3.08. The van der Waals surface area contributed by atoms with Crippen LogP contribution >= 0.6 is 0 Å². The highest BCUT2D eigenvalue weighted by molar-refractivity contribution is 5.81. The lowest BCUT2D eigenvalue weighted by atomic mass is 9.90. The molecule has 1 amide bonds. The number of aromatic nitrogens is 4. The summed E-state index contributed by atoms with van der Waals surface area (Å²) >= 11 is 0. The van der Waals surface area contributed by atoms with Gasteiger partial charge in [-0.3, -0.25) is 19.9 Å². The van der Waals surface area contributed by atoms with Crippen LogP contribution in [0.25, 0.3) is 11.4 Å². The Balaban J connectivity index is 1.64. The summed E-state index contributed by atoms with van der Waals surface area (Å²) in [5.74, 6) is 0.604. The third-order valence-corrected chi connectivity index (χ3v) is 4.48. The van der Waals surface area contributed by atoms with Gasteiger partial charge in [0.25, 0.3) is 0 Å². The first-order valence-electron chi connectivity index (χ1n) is 8.48. The standard InChI is InChI=1S/C18H25N5O/c1-12-9-14(22-21-12)16-11-19-15(10-20-16)13-5-7-23(8-6-13)17(24)18(2,3)4/h9-11,13H,5-8H2,1-4H3,(H,21,22). The molecule has 1 fully saturated rings. The molecule has 1 N–H and O–H groups in total. The van der Waals surface area contributed by atoms with E-state index < -0.39 is 0 Å². The van der Waals surface area contributed by atoms with Crippen LogP contribution in [0.5, 0.6) is 0 Å². The Morgan fingerprint density at radius 1 is 1.17 bits per heavy atom. The van der Waals surface area contributed by atoms with Crippen LogP contribution in [0.15, 0.2) is 18.5 Å². The number of nitrogens with one attached hydrogen (secondary N) is 1. The lowest BCUT2D eigenvalue weighted by Crippen LogP contribution is -2.43. The predicted molar refractivity (Wildman–Crippen MR) is 92.4 cm³/mol. The molecule has 3 rings (SSSR count). The van der Waals surface area contributed by atoms with Crippen LogP contribution < -0.4 is 0 Å². The summed E-state index contributed by atoms with van der Waals surface area (Å²) in [7, 11) is 0. The molecule has 0 spiro atoms. The number of aryl methyl sites for hydroxylation is 1. The molecule has 0 aromatic carbocycles. The number of rotatable bonds is 2. The van der Waals surface area contributed by atoms with Crippen molar-refractivity contribution in [1.29, 1.82) is 0 Å². The number of carbonyl (C=O) groups is 1. The van der Waals surface area contributed by atoms with E-state index in [1.165, 1.54) is 0 Å². The van der Waals surface area contributed by atoms with Gasteiger partial charge >= 0.3 is 0 Å². The molecule has 0 radical (unpaired) electrons. The number of carbonyl (C=O) groups excluding carboxylic acids is 1. The molecule has 2 aromatic rings. The van der Waals surface area contributed by atoms with E-state index >= 15 is 0 Å². The molecule has 0 saturated carbocycles. The summed E-state index contributed by atoms with van der Waals surface area (Å²) in [6, 6.07) is 1.96. The molecule has 6 nitrogen and oxygen atoms in total. The topological polar surface area (TPSA) is 74.8 Å². The van der Waals surface area contributed by atoms with Gasteiger partial charge in [-0.1, -0.05) is 20.8 Å². The molecular weight excluding hydrogens is 302 g/mol. The maximum absolute atomic E-state index is 12.4. The van der Waals surface area contributed by atoms with E-state index in [9.17, 15) is 4.79 Å². The molecule has 1 aliphatic heterocycles. The fraction of sp³-hybridized carbons (Fsp3) is 0.556. The quantitative estimate of drug-likeness (QED) is 0.920. The molecule has 1 aliphatic rings. The molecule has 128 valence electrons. The van der Waals surface area contributed by atoms with E-state index in [2.05, 4.69) is 20.2 Å². The number of H-pyrrole nitrogens is 1. The highest BCUT2D eigenvalue weighted by Crippen LogP contribution is 2.29. The zero-order valence-electron chi connectivity index (χ0n) is 14.8. The SMILES string of the molecule is Cc1cc(-c2cnc(C3CCN(C(=O)C(C)(C)C)CC3)cn2)n[nH]1. The first-order chi connectivity index (χ1) is 11.3. The van der Waals surface area contributed by atoms with Crippen molar-refractivity contribution in [2.24, 2.45) is 5.41 Å². The van der Waals surface area contributed by atoms with Crippen molar-refractivity contribution in [2.45, 2.75) is 46.5 Å². The van der Waals surface area contributed by atoms with Crippen molar-refractivity contribution in [2.75, 3.05) is 13.1 Å². The molecule has 6 heteroatoms. The van der Waals surface area contributed by atoms with E-state index in [0.717, 1.165) is 48.7 Å². The highest BCUT2D eigenvalue weighted by atomic mass is 16.2. The molecule has 0 bridgehead atoms. The maximum Gasteiger partial charge on any atom is 0.227 e. The summed E-state index contributed by atoms with van der Waals surface area (Å²) in [4.78, 5) is 23.4. The van der Waals surface area contributed by atoms with Gasteiger partial charge < -0.3 is 4.90 Å². The fourth-order valence-corrected chi connectivity index (χ4v) is 3.08. The monoisotopic (exact) mass is 327 g/mol. The van der Waals surface area contributed by atoms with E-state index in [1.54, 1.807) is 6.20 Å². The number of hydrogen-bond donors (Lipinski definition) is 1. The Morgan fingerprint density at radius 3 is 2.38 bits per heavy atom. The van der Waals surface area contributed by atoms with Crippen molar-refractivity contribution >= 4 is 5.91 Å². The van der Waals surface area contributed by atoms with Crippen molar-refractivity contribution in [1.82, 2.24) is 25.1 Å². The molecule has 0 unspecified atom stereocenters. The number of likely N-dealkylation sites (tertiary alicyclic amines) is 1. The summed E-state index contributed by atoms with van der Waals surface area (Å²) < 4.78 is 0. The second kappa shape index (κ2) is 6.34. The number of amides is 1. The van der Waals surface area contributed by atoms with Crippen LogP contribution in [0.2, 0.25) is 0 Å². The number of hydrogen-bond acceptors (Lipinski definition) is 4. The van der Waals surface area contributed by atoms with E-state index in [0.29, 0.717) is 5.92 Å². The van der Waals surface area contributed by atoms with Crippen LogP contribution in [-0.4, -0.2) is 44.1 Å². The van der Waals surface area contributed by atoms with E-state index in [-0.39, 0.29) is 11.3 Å². The van der Waals surface area contributed by atoms with Gasteiger partial charge in [0.05, 0.1) is 11.9 Å². The van der Waals surface area contributed by atoms with Gasteiger partial charge in [0.2, 0.25) is 5.91 Å². The number of nitrogens with zero attached hydrogens (tertiary/aromatic N) is 4. The highest BCUT2D eigenvalue weighted by Gasteiger charge is 2.31. The minimum atomic E-state index is -0.310. The first-order valence-corrected chi connectivity index (χ1v) is 8.48. The summed E-state index contributed by atoms with van der Waals surface area (Å²) in [5, 5.41) is 7.13. The van der Waals surface area contributed by atoms with Gasteiger partial charge in [0.15, 0.2) is 0 Å². The van der Waals surface area contributed by atoms with Crippen molar-refractivity contribution in [3.8, 4) is 11.4 Å². The van der Waals surface area contributed by atoms with Crippen molar-refractivity contribution < 1.29 is 4.79 Å². The van der Waals surface area contributed by atoms with Crippen molar-refractivity contribution in [3.63, 3.8) is 0 Å². The third kappa shape index (κ3) is 3.47. The molecule has 2 aromatic heterocycles. The minimum Gasteiger partial charge on any atom is -0.342 e. The summed E-state index contributed by atoms with van der Waals surface area (Å²) in [6.45, 7) is 9.48. The molecule has 1 saturated heterocycles. The van der Waals surface area contributed by atoms with Gasteiger partial charge in [-0.05, 0) is 25.8 Å². The lowest BCUT2D eigenvalue weighted by molar-refractivity contribution is -0.140. The van der Waals surface area contributed by atoms with Crippen LogP contribution in [-0.2, 0) is 4.79 Å². The minimum absolute atomic E-state index is 0.233. The molecule has 24 heavy (non-hydrogen) atoms.